The van der Waals surface area contributed by atoms with Crippen molar-refractivity contribution in [2.24, 2.45) is 5.73 Å². The topological polar surface area (TPSA) is 68.3 Å². The number of hydrogen-bond acceptors (Lipinski definition) is 4. The van der Waals surface area contributed by atoms with E-state index in [4.69, 9.17) is 5.73 Å². The number of aromatic nitrogens is 1. The molecule has 0 saturated carbocycles. The fourth-order valence-electron chi connectivity index (χ4n) is 3.01. The van der Waals surface area contributed by atoms with E-state index < -0.39 is 0 Å². The van der Waals surface area contributed by atoms with E-state index in [1.54, 1.807) is 4.57 Å². The summed E-state index contributed by atoms with van der Waals surface area (Å²) in [5.74, 6) is 0.118. The number of piperidine rings is 1. The third kappa shape index (κ3) is 4.12. The van der Waals surface area contributed by atoms with Crippen LogP contribution in [0.4, 0.5) is 0 Å². The predicted octanol–water partition coefficient (Wildman–Crippen LogP) is 2.07. The summed E-state index contributed by atoms with van der Waals surface area (Å²) in [6.45, 7) is 7.10. The summed E-state index contributed by atoms with van der Waals surface area (Å²) in [7, 11) is 0. The largest absolute Gasteiger partial charge is 0.338 e. The zero-order valence-corrected chi connectivity index (χ0v) is 15.1. The Kier molecular flexibility index (Phi) is 7.09. The first kappa shape index (κ1) is 19.2. The highest BCUT2D eigenvalue weighted by Gasteiger charge is 2.28. The van der Waals surface area contributed by atoms with Gasteiger partial charge in [0, 0.05) is 42.2 Å². The molecule has 1 aliphatic heterocycles. The van der Waals surface area contributed by atoms with Crippen LogP contribution in [0.15, 0.2) is 4.79 Å². The van der Waals surface area contributed by atoms with Crippen LogP contribution in [-0.2, 0) is 11.3 Å². The summed E-state index contributed by atoms with van der Waals surface area (Å²) in [5, 5.41) is 0. The highest BCUT2D eigenvalue weighted by molar-refractivity contribution is 7.09. The molecule has 0 spiro atoms. The Labute approximate surface area is 141 Å². The number of aryl methyl sites for hydroxylation is 1. The smallest absolute Gasteiger partial charge is 0.307 e. The molecule has 2 unspecified atom stereocenters. The second-order valence-electron chi connectivity index (χ2n) is 5.92. The van der Waals surface area contributed by atoms with Crippen LogP contribution in [0.3, 0.4) is 0 Å². The van der Waals surface area contributed by atoms with Crippen LogP contribution >= 0.6 is 23.7 Å². The van der Waals surface area contributed by atoms with Crippen molar-refractivity contribution in [1.29, 1.82) is 0 Å². The quantitative estimate of drug-likeness (QED) is 0.906. The first-order chi connectivity index (χ1) is 9.91. The van der Waals surface area contributed by atoms with Gasteiger partial charge in [-0.3, -0.25) is 9.59 Å². The lowest BCUT2D eigenvalue weighted by Crippen LogP contribution is -2.51. The molecule has 0 bridgehead atoms. The Balaban J connectivity index is 0.00000242. The number of thiazole rings is 1. The molecule has 0 aliphatic carbocycles. The van der Waals surface area contributed by atoms with Crippen molar-refractivity contribution >= 4 is 29.7 Å². The second-order valence-corrected chi connectivity index (χ2v) is 7.09. The van der Waals surface area contributed by atoms with Gasteiger partial charge in [0.2, 0.25) is 5.91 Å². The SMILES string of the molecule is Cc1sc(=O)n(CCC(=O)N2CCCCC2C(C)N)c1C.Cl. The van der Waals surface area contributed by atoms with E-state index in [0.29, 0.717) is 13.0 Å². The number of hydrogen-bond donors (Lipinski definition) is 1. The van der Waals surface area contributed by atoms with Gasteiger partial charge in [-0.05, 0) is 40.0 Å². The highest BCUT2D eigenvalue weighted by Crippen LogP contribution is 2.20. The fraction of sp³-hybridized carbons (Fsp3) is 0.733. The van der Waals surface area contributed by atoms with Crippen LogP contribution in [0.1, 0.15) is 43.2 Å². The molecule has 2 rings (SSSR count). The molecule has 2 heterocycles. The van der Waals surface area contributed by atoms with Gasteiger partial charge in [0.15, 0.2) is 0 Å². The predicted molar refractivity (Wildman–Crippen MR) is 92.9 cm³/mol. The van der Waals surface area contributed by atoms with Gasteiger partial charge in [-0.25, -0.2) is 0 Å². The molecule has 1 amide bonds. The van der Waals surface area contributed by atoms with E-state index in [2.05, 4.69) is 0 Å². The molecule has 1 fully saturated rings. The van der Waals surface area contributed by atoms with E-state index in [1.165, 1.54) is 11.3 Å². The van der Waals surface area contributed by atoms with Crippen molar-refractivity contribution in [3.05, 3.63) is 20.2 Å². The van der Waals surface area contributed by atoms with E-state index in [9.17, 15) is 9.59 Å². The molecule has 1 saturated heterocycles. The summed E-state index contributed by atoms with van der Waals surface area (Å²) in [6, 6.07) is 0.149. The molecule has 1 aromatic heterocycles. The van der Waals surface area contributed by atoms with E-state index in [-0.39, 0.29) is 35.3 Å². The Morgan fingerprint density at radius 1 is 1.41 bits per heavy atom. The van der Waals surface area contributed by atoms with Crippen LogP contribution in [0.25, 0.3) is 0 Å². The molecular weight excluding hydrogens is 322 g/mol. The lowest BCUT2D eigenvalue weighted by Gasteiger charge is -2.38. The lowest BCUT2D eigenvalue weighted by atomic mass is 9.96. The van der Waals surface area contributed by atoms with E-state index >= 15 is 0 Å². The maximum Gasteiger partial charge on any atom is 0.307 e. The van der Waals surface area contributed by atoms with Crippen molar-refractivity contribution < 1.29 is 4.79 Å². The number of carbonyl (C=O) groups excluding carboxylic acids is 1. The number of rotatable bonds is 4. The molecule has 2 atom stereocenters. The summed E-state index contributed by atoms with van der Waals surface area (Å²) < 4.78 is 1.71. The Bertz CT molecular complexity index is 568. The Morgan fingerprint density at radius 2 is 2.09 bits per heavy atom. The van der Waals surface area contributed by atoms with Crippen molar-refractivity contribution in [2.45, 2.75) is 65.1 Å². The van der Waals surface area contributed by atoms with Crippen LogP contribution in [0.5, 0.6) is 0 Å². The molecule has 1 aliphatic rings. The molecule has 0 aromatic carbocycles. The summed E-state index contributed by atoms with van der Waals surface area (Å²) in [4.78, 5) is 27.3. The number of nitrogens with zero attached hydrogens (tertiary/aromatic N) is 2. The van der Waals surface area contributed by atoms with Gasteiger partial charge in [-0.1, -0.05) is 11.3 Å². The molecule has 7 heteroatoms. The van der Waals surface area contributed by atoms with Gasteiger partial charge in [-0.15, -0.1) is 12.4 Å². The number of amides is 1. The Hall–Kier alpha value is -0.850. The van der Waals surface area contributed by atoms with Crippen LogP contribution in [-0.4, -0.2) is 34.0 Å². The first-order valence-corrected chi connectivity index (χ1v) is 8.45. The van der Waals surface area contributed by atoms with Crippen molar-refractivity contribution in [3.63, 3.8) is 0 Å². The molecule has 22 heavy (non-hydrogen) atoms. The number of likely N-dealkylation sites (tertiary alicyclic amines) is 1. The maximum atomic E-state index is 12.5. The second kappa shape index (κ2) is 8.13. The van der Waals surface area contributed by atoms with E-state index in [1.807, 2.05) is 25.7 Å². The monoisotopic (exact) mass is 347 g/mol. The molecule has 126 valence electrons. The third-order valence-electron chi connectivity index (χ3n) is 4.40. The van der Waals surface area contributed by atoms with Gasteiger partial charge in [0.25, 0.3) is 0 Å². The van der Waals surface area contributed by atoms with Crippen LogP contribution in [0, 0.1) is 13.8 Å². The van der Waals surface area contributed by atoms with Crippen LogP contribution in [0.2, 0.25) is 0 Å². The lowest BCUT2D eigenvalue weighted by molar-refractivity contribution is -0.135. The highest BCUT2D eigenvalue weighted by atomic mass is 35.5. The summed E-state index contributed by atoms with van der Waals surface area (Å²) in [5.41, 5.74) is 6.98. The zero-order chi connectivity index (χ0) is 15.6. The van der Waals surface area contributed by atoms with Gasteiger partial charge >= 0.3 is 4.87 Å². The average Bonchev–Trinajstić information content (AvgIpc) is 2.70. The summed E-state index contributed by atoms with van der Waals surface area (Å²) in [6.07, 6.45) is 3.55. The maximum absolute atomic E-state index is 12.5. The van der Waals surface area contributed by atoms with Gasteiger partial charge in [0.1, 0.15) is 0 Å². The summed E-state index contributed by atoms with van der Waals surface area (Å²) >= 11 is 1.25. The number of nitrogens with two attached hydrogens (primary N) is 1. The Morgan fingerprint density at radius 3 is 2.64 bits per heavy atom. The number of halogens is 1. The van der Waals surface area contributed by atoms with Gasteiger partial charge in [-0.2, -0.15) is 0 Å². The minimum atomic E-state index is 0. The van der Waals surface area contributed by atoms with Crippen molar-refractivity contribution in [2.75, 3.05) is 6.54 Å². The molecule has 0 radical (unpaired) electrons. The fourth-order valence-corrected chi connectivity index (χ4v) is 3.87. The molecule has 1 aromatic rings. The van der Waals surface area contributed by atoms with Gasteiger partial charge in [0.05, 0.1) is 0 Å². The van der Waals surface area contributed by atoms with Crippen molar-refractivity contribution in [1.82, 2.24) is 9.47 Å². The third-order valence-corrected chi connectivity index (χ3v) is 5.40. The molecule has 2 N–H and O–H groups in total. The van der Waals surface area contributed by atoms with E-state index in [0.717, 1.165) is 36.4 Å². The number of carbonyl (C=O) groups is 1. The average molecular weight is 348 g/mol. The first-order valence-electron chi connectivity index (χ1n) is 7.63. The van der Waals surface area contributed by atoms with Gasteiger partial charge < -0.3 is 15.2 Å². The van der Waals surface area contributed by atoms with Crippen LogP contribution < -0.4 is 10.6 Å². The van der Waals surface area contributed by atoms with Crippen molar-refractivity contribution in [3.8, 4) is 0 Å². The minimum Gasteiger partial charge on any atom is -0.338 e. The molecular formula is C15H26ClN3O2S. The standard InChI is InChI=1S/C15H25N3O2S.ClH/c1-10(16)13-6-4-5-8-18(13)14(19)7-9-17-11(2)12(3)21-15(17)20;/h10,13H,4-9,16H2,1-3H3;1H. The zero-order valence-electron chi connectivity index (χ0n) is 13.5. The minimum absolute atomic E-state index is 0. The normalized spacial score (nSPS) is 19.6. The molecule has 5 nitrogen and oxygen atoms in total.